The number of hydrogen-bond donors (Lipinski definition) is 1. The third-order valence-electron chi connectivity index (χ3n) is 3.26. The Morgan fingerprint density at radius 2 is 2.00 bits per heavy atom. The summed E-state index contributed by atoms with van der Waals surface area (Å²) < 4.78 is 1.52. The summed E-state index contributed by atoms with van der Waals surface area (Å²) in [6, 6.07) is 10.6. The summed E-state index contributed by atoms with van der Waals surface area (Å²) in [4.78, 5) is 0. The molecule has 19 heavy (non-hydrogen) atoms. The minimum atomic E-state index is 0.222. The van der Waals surface area contributed by atoms with Crippen molar-refractivity contribution in [2.24, 2.45) is 0 Å². The molecule has 0 radical (unpaired) electrons. The summed E-state index contributed by atoms with van der Waals surface area (Å²) in [6.45, 7) is 5.19. The van der Waals surface area contributed by atoms with E-state index in [0.717, 1.165) is 27.2 Å². The lowest BCUT2D eigenvalue weighted by Gasteiger charge is -2.13. The smallest absolute Gasteiger partial charge is 0.0991 e. The zero-order chi connectivity index (χ0) is 13.8. The van der Waals surface area contributed by atoms with Gasteiger partial charge in [0.25, 0.3) is 0 Å². The van der Waals surface area contributed by atoms with Crippen LogP contribution in [0.15, 0.2) is 30.3 Å². The van der Waals surface area contributed by atoms with Crippen molar-refractivity contribution in [3.8, 4) is 0 Å². The minimum Gasteiger partial charge on any atom is -0.310 e. The molecule has 1 atom stereocenters. The average Bonchev–Trinajstić information content (AvgIpc) is 2.71. The molecule has 0 fully saturated rings. The van der Waals surface area contributed by atoms with Crippen LogP contribution in [0.3, 0.4) is 0 Å². The molecule has 0 bridgehead atoms. The van der Waals surface area contributed by atoms with Gasteiger partial charge in [-0.15, -0.1) is 11.3 Å². The summed E-state index contributed by atoms with van der Waals surface area (Å²) in [6.07, 6.45) is 1.02. The molecule has 0 saturated heterocycles. The lowest BCUT2D eigenvalue weighted by molar-refractivity contribution is 0.578. The van der Waals surface area contributed by atoms with Crippen LogP contribution in [-0.4, -0.2) is 6.54 Å². The lowest BCUT2D eigenvalue weighted by atomic mass is 10.1. The fraction of sp³-hybridized carbons (Fsp3) is 0.333. The van der Waals surface area contributed by atoms with Gasteiger partial charge in [0, 0.05) is 6.04 Å². The number of aryl methyl sites for hydroxylation is 1. The Hall–Kier alpha value is -0.540. The average molecular weight is 314 g/mol. The summed E-state index contributed by atoms with van der Waals surface area (Å²) >= 11 is 13.5. The van der Waals surface area contributed by atoms with Crippen molar-refractivity contribution < 1.29 is 0 Å². The van der Waals surface area contributed by atoms with Crippen LogP contribution in [-0.2, 0) is 6.42 Å². The number of benzene rings is 1. The molecule has 0 saturated carbocycles. The number of thiophene rings is 1. The molecule has 1 heterocycles. The molecule has 2 rings (SSSR count). The summed E-state index contributed by atoms with van der Waals surface area (Å²) in [5.41, 5.74) is 3.81. The highest BCUT2D eigenvalue weighted by molar-refractivity contribution is 7.20. The second kappa shape index (κ2) is 6.76. The van der Waals surface area contributed by atoms with Crippen LogP contribution in [0.25, 0.3) is 0 Å². The Bertz CT molecular complexity index is 551. The first-order valence-corrected chi connectivity index (χ1v) is 7.88. The van der Waals surface area contributed by atoms with Crippen LogP contribution < -0.4 is 5.32 Å². The van der Waals surface area contributed by atoms with Gasteiger partial charge in [0.15, 0.2) is 0 Å². The monoisotopic (exact) mass is 313 g/mol. The highest BCUT2D eigenvalue weighted by atomic mass is 35.5. The molecule has 2 aromatic rings. The van der Waals surface area contributed by atoms with Crippen molar-refractivity contribution in [2.45, 2.75) is 26.3 Å². The Morgan fingerprint density at radius 3 is 2.63 bits per heavy atom. The number of halogens is 2. The molecule has 0 aliphatic rings. The van der Waals surface area contributed by atoms with E-state index in [9.17, 15) is 0 Å². The van der Waals surface area contributed by atoms with E-state index >= 15 is 0 Å². The van der Waals surface area contributed by atoms with Gasteiger partial charge in [-0.05, 0) is 49.6 Å². The molecular weight excluding hydrogens is 297 g/mol. The lowest BCUT2D eigenvalue weighted by Crippen LogP contribution is -2.21. The van der Waals surface area contributed by atoms with Crippen molar-refractivity contribution in [1.82, 2.24) is 5.32 Å². The summed E-state index contributed by atoms with van der Waals surface area (Å²) in [5.74, 6) is 0. The summed E-state index contributed by atoms with van der Waals surface area (Å²) in [7, 11) is 0. The quantitative estimate of drug-likeness (QED) is 0.794. The van der Waals surface area contributed by atoms with Crippen molar-refractivity contribution >= 4 is 34.5 Å². The normalized spacial score (nSPS) is 12.6. The maximum Gasteiger partial charge on any atom is 0.0991 e. The molecule has 1 N–H and O–H groups in total. The second-order valence-electron chi connectivity index (χ2n) is 4.63. The molecule has 1 nitrogen and oxygen atoms in total. The van der Waals surface area contributed by atoms with Gasteiger partial charge in [0.2, 0.25) is 0 Å². The van der Waals surface area contributed by atoms with E-state index < -0.39 is 0 Å². The van der Waals surface area contributed by atoms with E-state index in [1.807, 2.05) is 6.07 Å². The van der Waals surface area contributed by atoms with Gasteiger partial charge in [-0.25, -0.2) is 0 Å². The third kappa shape index (κ3) is 3.96. The standard InChI is InChI=1S/C15H17Cl2NS/c1-10-5-3-4-6-12(10)7-8-18-11(2)13-9-14(16)19-15(13)17/h3-6,9,11,18H,7-8H2,1-2H3. The first-order chi connectivity index (χ1) is 9.08. The van der Waals surface area contributed by atoms with Crippen molar-refractivity contribution in [1.29, 1.82) is 0 Å². The molecule has 1 aromatic heterocycles. The Balaban J connectivity index is 1.89. The molecule has 1 unspecified atom stereocenters. The van der Waals surface area contributed by atoms with E-state index in [4.69, 9.17) is 23.2 Å². The zero-order valence-electron chi connectivity index (χ0n) is 11.0. The topological polar surface area (TPSA) is 12.0 Å². The first-order valence-electron chi connectivity index (χ1n) is 6.30. The van der Waals surface area contributed by atoms with Crippen molar-refractivity contribution in [3.05, 3.63) is 55.7 Å². The van der Waals surface area contributed by atoms with E-state index in [1.54, 1.807) is 0 Å². The highest BCUT2D eigenvalue weighted by Crippen LogP contribution is 2.34. The van der Waals surface area contributed by atoms with E-state index in [0.29, 0.717) is 0 Å². The fourth-order valence-corrected chi connectivity index (χ4v) is 3.72. The van der Waals surface area contributed by atoms with Gasteiger partial charge in [-0.1, -0.05) is 47.5 Å². The molecule has 102 valence electrons. The summed E-state index contributed by atoms with van der Waals surface area (Å²) in [5, 5.41) is 3.49. The molecule has 0 aliphatic carbocycles. The zero-order valence-corrected chi connectivity index (χ0v) is 13.4. The van der Waals surface area contributed by atoms with Crippen molar-refractivity contribution in [2.75, 3.05) is 6.54 Å². The molecular formula is C15H17Cl2NS. The Morgan fingerprint density at radius 1 is 1.26 bits per heavy atom. The predicted octanol–water partition coefficient (Wildman–Crippen LogP) is 5.26. The van der Waals surface area contributed by atoms with Gasteiger partial charge in [0.05, 0.1) is 8.67 Å². The van der Waals surface area contributed by atoms with Gasteiger partial charge in [0.1, 0.15) is 0 Å². The maximum atomic E-state index is 6.16. The van der Waals surface area contributed by atoms with E-state index in [1.165, 1.54) is 22.5 Å². The third-order valence-corrected chi connectivity index (χ3v) is 4.77. The number of nitrogens with one attached hydrogen (secondary N) is 1. The highest BCUT2D eigenvalue weighted by Gasteiger charge is 2.12. The predicted molar refractivity (Wildman–Crippen MR) is 85.6 cm³/mol. The molecule has 0 spiro atoms. The minimum absolute atomic E-state index is 0.222. The van der Waals surface area contributed by atoms with Crippen LogP contribution in [0.2, 0.25) is 8.67 Å². The largest absolute Gasteiger partial charge is 0.310 e. The SMILES string of the molecule is Cc1ccccc1CCNC(C)c1cc(Cl)sc1Cl. The van der Waals surface area contributed by atoms with Crippen LogP contribution >= 0.6 is 34.5 Å². The van der Waals surface area contributed by atoms with E-state index in [-0.39, 0.29) is 6.04 Å². The van der Waals surface area contributed by atoms with Gasteiger partial charge >= 0.3 is 0 Å². The maximum absolute atomic E-state index is 6.16. The van der Waals surface area contributed by atoms with Gasteiger partial charge < -0.3 is 5.32 Å². The van der Waals surface area contributed by atoms with Gasteiger partial charge in [-0.2, -0.15) is 0 Å². The van der Waals surface area contributed by atoms with Crippen LogP contribution in [0.5, 0.6) is 0 Å². The van der Waals surface area contributed by atoms with E-state index in [2.05, 4.69) is 43.4 Å². The van der Waals surface area contributed by atoms with Crippen LogP contribution in [0.1, 0.15) is 29.7 Å². The second-order valence-corrected chi connectivity index (χ2v) is 6.92. The molecule has 0 amide bonds. The first kappa shape index (κ1) is 14.9. The molecule has 4 heteroatoms. The number of hydrogen-bond acceptors (Lipinski definition) is 2. The number of rotatable bonds is 5. The fourth-order valence-electron chi connectivity index (χ4n) is 2.07. The molecule has 1 aromatic carbocycles. The Kier molecular flexibility index (Phi) is 5.28. The van der Waals surface area contributed by atoms with Crippen LogP contribution in [0, 0.1) is 6.92 Å². The van der Waals surface area contributed by atoms with Gasteiger partial charge in [-0.3, -0.25) is 0 Å². The molecule has 0 aliphatic heterocycles. The Labute approximate surface area is 128 Å². The van der Waals surface area contributed by atoms with Crippen molar-refractivity contribution in [3.63, 3.8) is 0 Å². The van der Waals surface area contributed by atoms with Crippen LogP contribution in [0.4, 0.5) is 0 Å².